The summed E-state index contributed by atoms with van der Waals surface area (Å²) in [6.45, 7) is 2.30. The van der Waals surface area contributed by atoms with E-state index in [1.54, 1.807) is 24.4 Å². The zero-order valence-corrected chi connectivity index (χ0v) is 13.7. The van der Waals surface area contributed by atoms with Crippen LogP contribution in [0.1, 0.15) is 28.4 Å². The van der Waals surface area contributed by atoms with Gasteiger partial charge >= 0.3 is 0 Å². The van der Waals surface area contributed by atoms with Gasteiger partial charge in [-0.05, 0) is 30.2 Å². The fraction of sp³-hybridized carbons (Fsp3) is 0.158. The number of hydrogen-bond donors (Lipinski definition) is 2. The summed E-state index contributed by atoms with van der Waals surface area (Å²) in [5.74, 6) is 0.912. The second kappa shape index (κ2) is 6.32. The highest BCUT2D eigenvalue weighted by molar-refractivity contribution is 6.01. The van der Waals surface area contributed by atoms with Gasteiger partial charge in [0.1, 0.15) is 0 Å². The number of fused-ring (bicyclic) bond motifs is 2. The first-order chi connectivity index (χ1) is 12.3. The summed E-state index contributed by atoms with van der Waals surface area (Å²) in [5, 5.41) is 5.16. The van der Waals surface area contributed by atoms with Crippen LogP contribution in [0, 0.1) is 0 Å². The predicted octanol–water partition coefficient (Wildman–Crippen LogP) is 3.22. The van der Waals surface area contributed by atoms with E-state index in [1.165, 1.54) is 5.56 Å². The van der Waals surface area contributed by atoms with Crippen molar-refractivity contribution in [3.05, 3.63) is 59.3 Å². The van der Waals surface area contributed by atoms with Gasteiger partial charge in [0.25, 0.3) is 5.91 Å². The highest BCUT2D eigenvalue weighted by Crippen LogP contribution is 2.32. The molecule has 0 atom stereocenters. The lowest BCUT2D eigenvalue weighted by atomic mass is 10.1. The molecule has 25 heavy (non-hydrogen) atoms. The minimum absolute atomic E-state index is 0.179. The number of hydrazone groups is 1. The summed E-state index contributed by atoms with van der Waals surface area (Å²) in [6, 6.07) is 11.2. The van der Waals surface area contributed by atoms with E-state index in [1.807, 2.05) is 18.3 Å². The first-order valence-electron chi connectivity index (χ1n) is 8.08. The molecule has 126 valence electrons. The molecule has 4 rings (SSSR count). The molecule has 0 unspecified atom stereocenters. The summed E-state index contributed by atoms with van der Waals surface area (Å²) >= 11 is 0. The number of aryl methyl sites for hydroxylation is 1. The molecule has 1 amide bonds. The summed E-state index contributed by atoms with van der Waals surface area (Å²) in [5.41, 5.74) is 6.29. The van der Waals surface area contributed by atoms with Crippen LogP contribution in [0.5, 0.6) is 11.5 Å². The molecule has 6 nitrogen and oxygen atoms in total. The number of carbonyl (C=O) groups is 1. The van der Waals surface area contributed by atoms with Crippen LogP contribution in [0.3, 0.4) is 0 Å². The molecule has 0 fully saturated rings. The van der Waals surface area contributed by atoms with Gasteiger partial charge in [-0.3, -0.25) is 4.79 Å². The van der Waals surface area contributed by atoms with Gasteiger partial charge in [-0.25, -0.2) is 5.43 Å². The largest absolute Gasteiger partial charge is 0.454 e. The number of benzene rings is 2. The lowest BCUT2D eigenvalue weighted by Crippen LogP contribution is -2.17. The highest BCUT2D eigenvalue weighted by Gasteiger charge is 2.15. The Morgan fingerprint density at radius 2 is 2.16 bits per heavy atom. The Bertz CT molecular complexity index is 975. The second-order valence-electron chi connectivity index (χ2n) is 5.70. The van der Waals surface area contributed by atoms with Crippen molar-refractivity contribution >= 4 is 23.0 Å². The van der Waals surface area contributed by atoms with E-state index < -0.39 is 0 Å². The number of carbonyl (C=O) groups excluding carboxylic acids is 1. The zero-order chi connectivity index (χ0) is 17.2. The van der Waals surface area contributed by atoms with Crippen LogP contribution >= 0.6 is 0 Å². The lowest BCUT2D eigenvalue weighted by molar-refractivity contribution is 0.0954. The molecular formula is C19H17N3O3. The van der Waals surface area contributed by atoms with Gasteiger partial charge < -0.3 is 14.5 Å². The number of aromatic amines is 1. The molecule has 0 bridgehead atoms. The van der Waals surface area contributed by atoms with Crippen molar-refractivity contribution in [2.45, 2.75) is 13.3 Å². The van der Waals surface area contributed by atoms with Crippen molar-refractivity contribution in [2.24, 2.45) is 5.10 Å². The van der Waals surface area contributed by atoms with Crippen LogP contribution in [0.15, 0.2) is 47.7 Å². The molecule has 6 heteroatoms. The molecule has 0 radical (unpaired) electrons. The fourth-order valence-electron chi connectivity index (χ4n) is 2.90. The quantitative estimate of drug-likeness (QED) is 0.568. The first kappa shape index (κ1) is 15.3. The van der Waals surface area contributed by atoms with Gasteiger partial charge in [-0.2, -0.15) is 5.10 Å². The number of aromatic nitrogens is 1. The van der Waals surface area contributed by atoms with Crippen LogP contribution in [0.25, 0.3) is 10.9 Å². The van der Waals surface area contributed by atoms with Crippen molar-refractivity contribution in [1.82, 2.24) is 10.4 Å². The normalized spacial score (nSPS) is 12.8. The third kappa shape index (κ3) is 2.82. The van der Waals surface area contributed by atoms with Gasteiger partial charge in [0.15, 0.2) is 11.5 Å². The maximum absolute atomic E-state index is 12.2. The Labute approximate surface area is 144 Å². The van der Waals surface area contributed by atoms with Gasteiger partial charge in [0, 0.05) is 28.2 Å². The van der Waals surface area contributed by atoms with Crippen LogP contribution < -0.4 is 14.9 Å². The summed E-state index contributed by atoms with van der Waals surface area (Å²) in [4.78, 5) is 15.5. The number of ether oxygens (including phenoxy) is 2. The van der Waals surface area contributed by atoms with Crippen LogP contribution in [-0.2, 0) is 6.42 Å². The number of rotatable bonds is 4. The maximum Gasteiger partial charge on any atom is 0.271 e. The molecule has 1 aliphatic heterocycles. The molecule has 3 aromatic rings. The van der Waals surface area contributed by atoms with E-state index >= 15 is 0 Å². The molecule has 1 aromatic heterocycles. The number of para-hydroxylation sites is 1. The van der Waals surface area contributed by atoms with E-state index in [-0.39, 0.29) is 12.7 Å². The third-order valence-electron chi connectivity index (χ3n) is 4.22. The standard InChI is InChI=1S/C19H17N3O3/c1-2-12-4-3-5-15-14(9-20-18(12)15)10-21-22-19(23)13-6-7-16-17(8-13)25-11-24-16/h3-10,20H,2,11H2,1H3,(H,22,23)/b21-10+. The molecule has 0 saturated heterocycles. The number of H-pyrrole nitrogens is 1. The summed E-state index contributed by atoms with van der Waals surface area (Å²) in [6.07, 6.45) is 4.48. The maximum atomic E-state index is 12.2. The SMILES string of the molecule is CCc1cccc2c(/C=N/NC(=O)c3ccc4c(c3)OCO4)c[nH]c12. The number of nitrogens with one attached hydrogen (secondary N) is 2. The fourth-order valence-corrected chi connectivity index (χ4v) is 2.90. The van der Waals surface area contributed by atoms with Gasteiger partial charge in [0.05, 0.1) is 6.21 Å². The molecule has 0 spiro atoms. The molecule has 1 aliphatic rings. The minimum Gasteiger partial charge on any atom is -0.454 e. The van der Waals surface area contributed by atoms with Gasteiger partial charge in [-0.15, -0.1) is 0 Å². The summed E-state index contributed by atoms with van der Waals surface area (Å²) in [7, 11) is 0. The molecule has 0 aliphatic carbocycles. The van der Waals surface area contributed by atoms with E-state index in [0.717, 1.165) is 22.9 Å². The van der Waals surface area contributed by atoms with Crippen molar-refractivity contribution < 1.29 is 14.3 Å². The Morgan fingerprint density at radius 1 is 1.28 bits per heavy atom. The minimum atomic E-state index is -0.302. The van der Waals surface area contributed by atoms with E-state index in [4.69, 9.17) is 9.47 Å². The van der Waals surface area contributed by atoms with Gasteiger partial charge in [-0.1, -0.05) is 25.1 Å². The number of hydrogen-bond acceptors (Lipinski definition) is 4. The van der Waals surface area contributed by atoms with Crippen LogP contribution in [0.2, 0.25) is 0 Å². The van der Waals surface area contributed by atoms with Crippen molar-refractivity contribution in [3.8, 4) is 11.5 Å². The topological polar surface area (TPSA) is 75.7 Å². The monoisotopic (exact) mass is 335 g/mol. The highest BCUT2D eigenvalue weighted by atomic mass is 16.7. The van der Waals surface area contributed by atoms with Crippen molar-refractivity contribution in [2.75, 3.05) is 6.79 Å². The average Bonchev–Trinajstić information content (AvgIpc) is 3.27. The van der Waals surface area contributed by atoms with Crippen molar-refractivity contribution in [1.29, 1.82) is 0 Å². The lowest BCUT2D eigenvalue weighted by Gasteiger charge is -2.01. The zero-order valence-electron chi connectivity index (χ0n) is 13.7. The molecule has 0 saturated carbocycles. The third-order valence-corrected chi connectivity index (χ3v) is 4.22. The average molecular weight is 335 g/mol. The van der Waals surface area contributed by atoms with E-state index in [2.05, 4.69) is 28.5 Å². The van der Waals surface area contributed by atoms with Crippen molar-refractivity contribution in [3.63, 3.8) is 0 Å². The van der Waals surface area contributed by atoms with E-state index in [9.17, 15) is 4.79 Å². The number of amides is 1. The predicted molar refractivity (Wildman–Crippen MR) is 95.3 cm³/mol. The second-order valence-corrected chi connectivity index (χ2v) is 5.70. The Balaban J connectivity index is 1.50. The molecule has 2 aromatic carbocycles. The Hall–Kier alpha value is -3.28. The first-order valence-corrected chi connectivity index (χ1v) is 8.08. The van der Waals surface area contributed by atoms with Crippen LogP contribution in [-0.4, -0.2) is 23.9 Å². The Morgan fingerprint density at radius 3 is 3.04 bits per heavy atom. The smallest absolute Gasteiger partial charge is 0.271 e. The molecular weight excluding hydrogens is 318 g/mol. The number of nitrogens with zero attached hydrogens (tertiary/aromatic N) is 1. The molecule has 2 heterocycles. The van der Waals surface area contributed by atoms with E-state index in [0.29, 0.717) is 17.1 Å². The Kier molecular flexibility index (Phi) is 3.85. The molecule has 2 N–H and O–H groups in total. The summed E-state index contributed by atoms with van der Waals surface area (Å²) < 4.78 is 10.5. The van der Waals surface area contributed by atoms with Gasteiger partial charge in [0.2, 0.25) is 6.79 Å². The van der Waals surface area contributed by atoms with Crippen LogP contribution in [0.4, 0.5) is 0 Å².